The highest BCUT2D eigenvalue weighted by atomic mass is 19.1. The zero-order valence-corrected chi connectivity index (χ0v) is 31.0. The lowest BCUT2D eigenvalue weighted by molar-refractivity contribution is -0.247. The second-order valence-electron chi connectivity index (χ2n) is 19.1. The van der Waals surface area contributed by atoms with Crippen molar-refractivity contribution in [3.05, 3.63) is 54.3 Å². The Morgan fingerprint density at radius 2 is 1.67 bits per heavy atom. The lowest BCUT2D eigenvalue weighted by Crippen LogP contribution is -2.67. The van der Waals surface area contributed by atoms with E-state index in [1.54, 1.807) is 12.1 Å². The minimum absolute atomic E-state index is 0.0449. The Hall–Kier alpha value is -2.47. The molecule has 49 heavy (non-hydrogen) atoms. The molecule has 2 heterocycles. The quantitative estimate of drug-likeness (QED) is 0.319. The molecule has 6 fully saturated rings. The number of aliphatic hydroxyl groups is 1. The Morgan fingerprint density at radius 3 is 2.41 bits per heavy atom. The molecule has 2 N–H and O–H groups in total. The van der Waals surface area contributed by atoms with E-state index in [9.17, 15) is 9.50 Å². The number of aromatic nitrogens is 2. The van der Waals surface area contributed by atoms with Gasteiger partial charge in [-0.05, 0) is 165 Å². The number of fused-ring (bicyclic) bond motifs is 7. The summed E-state index contributed by atoms with van der Waals surface area (Å²) in [6.45, 7) is 20.2. The van der Waals surface area contributed by atoms with Crippen LogP contribution in [0.1, 0.15) is 130 Å². The number of benzene rings is 1. The van der Waals surface area contributed by atoms with Crippen LogP contribution in [0, 0.1) is 62.5 Å². The van der Waals surface area contributed by atoms with Crippen molar-refractivity contribution in [2.24, 2.45) is 56.7 Å². The number of H-pyrrole nitrogens is 1. The number of aliphatic hydroxyl groups excluding tert-OH is 1. The molecule has 8 rings (SSSR count). The molecule has 0 spiro atoms. The second-order valence-corrected chi connectivity index (χ2v) is 19.1. The Morgan fingerprint density at radius 1 is 0.918 bits per heavy atom. The molecule has 1 aromatic carbocycles. The largest absolute Gasteiger partial charge is 0.393 e. The molecule has 6 aliphatic rings. The molecule has 5 aliphatic carbocycles. The van der Waals surface area contributed by atoms with Gasteiger partial charge in [0.2, 0.25) is 5.91 Å². The molecule has 11 atom stereocenters. The Bertz CT molecular complexity index is 1630. The number of nitrogens with zero attached hydrogens (tertiary/aromatic N) is 2. The number of imidazole rings is 1. The second kappa shape index (κ2) is 11.3. The zero-order valence-electron chi connectivity index (χ0n) is 31.0. The van der Waals surface area contributed by atoms with Gasteiger partial charge >= 0.3 is 0 Å². The highest BCUT2D eigenvalue weighted by Gasteiger charge is 2.72. The molecule has 1 aliphatic heterocycles. The molecule has 1 saturated heterocycles. The van der Waals surface area contributed by atoms with Gasteiger partial charge < -0.3 is 15.0 Å². The first-order chi connectivity index (χ1) is 23.2. The molecule has 266 valence electrons. The van der Waals surface area contributed by atoms with Crippen LogP contribution < -0.4 is 0 Å². The van der Waals surface area contributed by atoms with Gasteiger partial charge in [-0.2, -0.15) is 0 Å². The lowest BCUT2D eigenvalue weighted by Gasteiger charge is -2.73. The van der Waals surface area contributed by atoms with Gasteiger partial charge in [-0.1, -0.05) is 46.8 Å². The van der Waals surface area contributed by atoms with Gasteiger partial charge in [0.05, 0.1) is 29.5 Å². The van der Waals surface area contributed by atoms with Crippen LogP contribution in [-0.2, 0) is 4.79 Å². The predicted molar refractivity (Wildman–Crippen MR) is 193 cm³/mol. The summed E-state index contributed by atoms with van der Waals surface area (Å²) in [7, 11) is 0. The molecule has 6 heteroatoms. The number of halogens is 1. The molecule has 1 aromatic heterocycles. The van der Waals surface area contributed by atoms with Gasteiger partial charge in [0, 0.05) is 6.54 Å². The van der Waals surface area contributed by atoms with Crippen LogP contribution in [0.2, 0.25) is 0 Å². The molecular weight excluding hydrogens is 609 g/mol. The number of likely N-dealkylation sites (tertiary alicyclic amines) is 1. The first-order valence-corrected chi connectivity index (χ1v) is 19.6. The third-order valence-corrected chi connectivity index (χ3v) is 17.1. The third kappa shape index (κ3) is 4.56. The van der Waals surface area contributed by atoms with Gasteiger partial charge in [0.1, 0.15) is 11.6 Å². The fraction of sp³-hybridized carbons (Fsp3) is 0.721. The third-order valence-electron chi connectivity index (χ3n) is 17.1. The summed E-state index contributed by atoms with van der Waals surface area (Å²) in [4.78, 5) is 25.9. The number of nitrogens with one attached hydrogen (secondary N) is 1. The van der Waals surface area contributed by atoms with Crippen molar-refractivity contribution in [3.8, 4) is 11.3 Å². The normalized spacial score (nSPS) is 44.1. The minimum atomic E-state index is -0.343. The maximum absolute atomic E-state index is 15.3. The number of rotatable bonds is 4. The van der Waals surface area contributed by atoms with E-state index < -0.39 is 0 Å². The summed E-state index contributed by atoms with van der Waals surface area (Å²) < 4.78 is 13.6. The van der Waals surface area contributed by atoms with E-state index in [0.717, 1.165) is 75.0 Å². The Labute approximate surface area is 293 Å². The number of amides is 1. The topological polar surface area (TPSA) is 69.2 Å². The first kappa shape index (κ1) is 33.7. The van der Waals surface area contributed by atoms with E-state index in [1.807, 2.05) is 6.20 Å². The number of hydrogen-bond acceptors (Lipinski definition) is 3. The number of hydrogen-bond donors (Lipinski definition) is 2. The van der Waals surface area contributed by atoms with Crippen molar-refractivity contribution < 1.29 is 14.3 Å². The van der Waals surface area contributed by atoms with Crippen LogP contribution in [0.3, 0.4) is 0 Å². The average Bonchev–Trinajstić information content (AvgIpc) is 3.82. The molecule has 0 radical (unpaired) electrons. The van der Waals surface area contributed by atoms with Crippen LogP contribution in [-0.4, -0.2) is 38.5 Å². The SMILES string of the molecule is C=C(C)[C@@H]1CC[C@]2(C(=O)N3CCC[C@H]3c3ncc(-c4ccc(F)cc4)[nH]3)CC[C@]3(C)[C@H](CC[C@@H]4[C@@]5(C)CC[C@H](O)C(C)(C)[C@@H]5CC[C@]43C)[C@@H]12. The Balaban J connectivity index is 1.12. The molecule has 0 bridgehead atoms. The molecule has 1 amide bonds. The molecule has 5 saturated carbocycles. The van der Waals surface area contributed by atoms with Crippen LogP contribution in [0.4, 0.5) is 4.39 Å². The summed E-state index contributed by atoms with van der Waals surface area (Å²) in [5, 5.41) is 11.1. The van der Waals surface area contributed by atoms with Gasteiger partial charge in [0.15, 0.2) is 0 Å². The van der Waals surface area contributed by atoms with Crippen molar-refractivity contribution in [2.75, 3.05) is 6.54 Å². The van der Waals surface area contributed by atoms with E-state index in [0.29, 0.717) is 35.5 Å². The molecular formula is C43H60FN3O2. The Kier molecular flexibility index (Phi) is 7.74. The highest BCUT2D eigenvalue weighted by molar-refractivity contribution is 5.84. The summed E-state index contributed by atoms with van der Waals surface area (Å²) in [5.41, 5.74) is 3.29. The van der Waals surface area contributed by atoms with E-state index in [2.05, 4.69) is 58.0 Å². The maximum Gasteiger partial charge on any atom is 0.229 e. The summed E-state index contributed by atoms with van der Waals surface area (Å²) in [6, 6.07) is 6.47. The van der Waals surface area contributed by atoms with E-state index >= 15 is 4.79 Å². The van der Waals surface area contributed by atoms with Gasteiger partial charge in [-0.15, -0.1) is 0 Å². The van der Waals surface area contributed by atoms with Crippen LogP contribution in [0.25, 0.3) is 11.3 Å². The fourth-order valence-electron chi connectivity index (χ4n) is 14.4. The van der Waals surface area contributed by atoms with Crippen molar-refractivity contribution >= 4 is 5.91 Å². The molecule has 0 unspecified atom stereocenters. The van der Waals surface area contributed by atoms with E-state index in [4.69, 9.17) is 4.98 Å². The zero-order chi connectivity index (χ0) is 34.7. The predicted octanol–water partition coefficient (Wildman–Crippen LogP) is 9.90. The number of carbonyl (C=O) groups is 1. The van der Waals surface area contributed by atoms with Crippen LogP contribution in [0.5, 0.6) is 0 Å². The maximum atomic E-state index is 15.3. The minimum Gasteiger partial charge on any atom is -0.393 e. The van der Waals surface area contributed by atoms with Gasteiger partial charge in [-0.3, -0.25) is 4.79 Å². The summed E-state index contributed by atoms with van der Waals surface area (Å²) in [6.07, 6.45) is 14.6. The van der Waals surface area contributed by atoms with E-state index in [-0.39, 0.29) is 45.0 Å². The van der Waals surface area contributed by atoms with Crippen molar-refractivity contribution in [3.63, 3.8) is 0 Å². The molecule has 5 nitrogen and oxygen atoms in total. The first-order valence-electron chi connectivity index (χ1n) is 19.6. The lowest BCUT2D eigenvalue weighted by atomic mass is 9.32. The van der Waals surface area contributed by atoms with Gasteiger partial charge in [0.25, 0.3) is 0 Å². The number of aromatic amines is 1. The van der Waals surface area contributed by atoms with Crippen molar-refractivity contribution in [1.29, 1.82) is 0 Å². The van der Waals surface area contributed by atoms with Gasteiger partial charge in [-0.25, -0.2) is 9.37 Å². The number of carbonyl (C=O) groups excluding carboxylic acids is 1. The fourth-order valence-corrected chi connectivity index (χ4v) is 14.4. The monoisotopic (exact) mass is 669 g/mol. The smallest absolute Gasteiger partial charge is 0.229 e. The average molecular weight is 670 g/mol. The van der Waals surface area contributed by atoms with Crippen LogP contribution in [0.15, 0.2) is 42.6 Å². The highest BCUT2D eigenvalue weighted by Crippen LogP contribution is 2.77. The summed E-state index contributed by atoms with van der Waals surface area (Å²) >= 11 is 0. The van der Waals surface area contributed by atoms with Crippen LogP contribution >= 0.6 is 0 Å². The molecule has 2 aromatic rings. The van der Waals surface area contributed by atoms with Crippen molar-refractivity contribution in [2.45, 2.75) is 131 Å². The standard InChI is InChI=1S/C43H60FN3O2/c1-26(2)29-16-21-43(38(49)47-24-8-9-32(47)37-45-25-31(46-37)27-10-12-28(44)13-11-27)23-22-41(6)30(36(29)43)14-15-34-40(5)19-18-35(48)39(3,4)33(40)17-20-42(34,41)7/h10-13,25,29-30,32-36,48H,1,8-9,14-24H2,2-7H3,(H,45,46)/t29-,30+,32-,33-,34+,35-,36+,40-,41+,42+,43-/m0/s1. The summed E-state index contributed by atoms with van der Waals surface area (Å²) in [5.74, 6) is 3.40. The van der Waals surface area contributed by atoms with Crippen molar-refractivity contribution in [1.82, 2.24) is 14.9 Å². The van der Waals surface area contributed by atoms with E-state index in [1.165, 1.54) is 43.4 Å². The number of allylic oxidation sites excluding steroid dienone is 1.